The van der Waals surface area contributed by atoms with Crippen LogP contribution in [-0.4, -0.2) is 17.8 Å². The lowest BCUT2D eigenvalue weighted by Crippen LogP contribution is -2.39. The van der Waals surface area contributed by atoms with Crippen molar-refractivity contribution >= 4 is 0 Å². The van der Waals surface area contributed by atoms with Gasteiger partial charge in [0.1, 0.15) is 5.82 Å². The summed E-state index contributed by atoms with van der Waals surface area (Å²) >= 11 is 0. The van der Waals surface area contributed by atoms with Crippen LogP contribution in [0.15, 0.2) is 18.2 Å². The summed E-state index contributed by atoms with van der Waals surface area (Å²) < 4.78 is 18.8. The fraction of sp³-hybridized carbons (Fsp3) is 0.600. The quantitative estimate of drug-likeness (QED) is 0.894. The van der Waals surface area contributed by atoms with Gasteiger partial charge in [-0.15, -0.1) is 0 Å². The fourth-order valence-electron chi connectivity index (χ4n) is 2.83. The number of hydrogen-bond donors (Lipinski definition) is 1. The van der Waals surface area contributed by atoms with Gasteiger partial charge in [0, 0.05) is 12.8 Å². The van der Waals surface area contributed by atoms with E-state index in [0.717, 1.165) is 24.0 Å². The van der Waals surface area contributed by atoms with Crippen molar-refractivity contribution in [1.82, 2.24) is 0 Å². The minimum absolute atomic E-state index is 0.109. The van der Waals surface area contributed by atoms with E-state index in [4.69, 9.17) is 4.74 Å². The first kappa shape index (κ1) is 13.5. The Hall–Kier alpha value is -0.930. The van der Waals surface area contributed by atoms with Crippen molar-refractivity contribution in [3.8, 4) is 0 Å². The maximum Gasteiger partial charge on any atom is 0.123 e. The Labute approximate surface area is 108 Å². The number of rotatable bonds is 3. The summed E-state index contributed by atoms with van der Waals surface area (Å²) in [5, 5.41) is 10.8. The van der Waals surface area contributed by atoms with Crippen molar-refractivity contribution in [3.63, 3.8) is 0 Å². The average Bonchev–Trinajstić information content (AvgIpc) is 2.28. The summed E-state index contributed by atoms with van der Waals surface area (Å²) in [6.07, 6.45) is 3.30. The summed E-state index contributed by atoms with van der Waals surface area (Å²) in [5.74, 6) is -0.253. The van der Waals surface area contributed by atoms with Crippen molar-refractivity contribution in [3.05, 3.63) is 35.1 Å². The molecule has 0 amide bonds. The number of ether oxygens (including phenoxy) is 1. The third-order valence-corrected chi connectivity index (χ3v) is 3.74. The normalized spacial score (nSPS) is 28.3. The van der Waals surface area contributed by atoms with Gasteiger partial charge in [-0.25, -0.2) is 4.39 Å². The molecule has 1 saturated heterocycles. The van der Waals surface area contributed by atoms with Crippen LogP contribution in [0, 0.1) is 12.7 Å². The van der Waals surface area contributed by atoms with Gasteiger partial charge in [-0.1, -0.05) is 19.4 Å². The van der Waals surface area contributed by atoms with Gasteiger partial charge in [0.2, 0.25) is 0 Å². The highest BCUT2D eigenvalue weighted by molar-refractivity contribution is 5.32. The van der Waals surface area contributed by atoms with Crippen LogP contribution in [0.4, 0.5) is 4.39 Å². The van der Waals surface area contributed by atoms with Crippen LogP contribution in [0.1, 0.15) is 43.7 Å². The Kier molecular flexibility index (Phi) is 4.03. The molecular weight excluding hydrogens is 231 g/mol. The van der Waals surface area contributed by atoms with Crippen LogP contribution in [-0.2, 0) is 10.3 Å². The average molecular weight is 252 g/mol. The van der Waals surface area contributed by atoms with Crippen LogP contribution in [0.5, 0.6) is 0 Å². The molecule has 1 aromatic carbocycles. The predicted molar refractivity (Wildman–Crippen MR) is 68.9 cm³/mol. The molecule has 2 nitrogen and oxygen atoms in total. The molecule has 0 radical (unpaired) electrons. The van der Waals surface area contributed by atoms with Crippen molar-refractivity contribution in [1.29, 1.82) is 0 Å². The first-order chi connectivity index (χ1) is 8.55. The molecular formula is C15H21FO2. The Balaban J connectivity index is 2.24. The molecule has 2 unspecified atom stereocenters. The van der Waals surface area contributed by atoms with Crippen molar-refractivity contribution in [2.45, 2.75) is 51.2 Å². The maximum atomic E-state index is 13.1. The summed E-state index contributed by atoms with van der Waals surface area (Å²) in [4.78, 5) is 0. The van der Waals surface area contributed by atoms with Gasteiger partial charge in [-0.2, -0.15) is 0 Å². The molecule has 0 aliphatic carbocycles. The molecule has 0 aromatic heterocycles. The maximum absolute atomic E-state index is 13.1. The topological polar surface area (TPSA) is 29.5 Å². The fourth-order valence-corrected chi connectivity index (χ4v) is 2.83. The first-order valence-corrected chi connectivity index (χ1v) is 6.66. The molecule has 1 aliphatic rings. The third kappa shape index (κ3) is 2.73. The van der Waals surface area contributed by atoms with E-state index in [9.17, 15) is 9.50 Å². The van der Waals surface area contributed by atoms with E-state index in [1.165, 1.54) is 12.1 Å². The lowest BCUT2D eigenvalue weighted by atomic mass is 9.81. The van der Waals surface area contributed by atoms with E-state index in [1.54, 1.807) is 6.07 Å². The van der Waals surface area contributed by atoms with Crippen LogP contribution >= 0.6 is 0 Å². The molecule has 18 heavy (non-hydrogen) atoms. The number of aryl methyl sites for hydroxylation is 1. The van der Waals surface area contributed by atoms with E-state index in [-0.39, 0.29) is 11.9 Å². The van der Waals surface area contributed by atoms with Crippen LogP contribution in [0.25, 0.3) is 0 Å². The molecule has 3 heteroatoms. The van der Waals surface area contributed by atoms with Crippen LogP contribution < -0.4 is 0 Å². The number of halogens is 1. The van der Waals surface area contributed by atoms with E-state index in [1.807, 2.05) is 6.92 Å². The molecule has 1 N–H and O–H groups in total. The van der Waals surface area contributed by atoms with E-state index >= 15 is 0 Å². The highest BCUT2D eigenvalue weighted by Crippen LogP contribution is 2.37. The Morgan fingerprint density at radius 3 is 2.94 bits per heavy atom. The smallest absolute Gasteiger partial charge is 0.123 e. The van der Waals surface area contributed by atoms with Gasteiger partial charge in [0.25, 0.3) is 0 Å². The molecule has 0 bridgehead atoms. The van der Waals surface area contributed by atoms with E-state index in [2.05, 4.69) is 6.92 Å². The van der Waals surface area contributed by atoms with Crippen LogP contribution in [0.3, 0.4) is 0 Å². The van der Waals surface area contributed by atoms with Crippen molar-refractivity contribution in [2.24, 2.45) is 0 Å². The van der Waals surface area contributed by atoms with Crippen LogP contribution in [0.2, 0.25) is 0 Å². The molecule has 1 heterocycles. The van der Waals surface area contributed by atoms with Crippen molar-refractivity contribution < 1.29 is 14.2 Å². The minimum Gasteiger partial charge on any atom is -0.385 e. The first-order valence-electron chi connectivity index (χ1n) is 6.66. The minimum atomic E-state index is -0.865. The highest BCUT2D eigenvalue weighted by atomic mass is 19.1. The Morgan fingerprint density at radius 1 is 1.50 bits per heavy atom. The molecule has 0 saturated carbocycles. The standard InChI is InChI=1S/C15H21FO2/c1-3-4-13-10-15(17,7-8-18-13)14-6-5-12(16)9-11(14)2/h5-6,9,13,17H,3-4,7-8,10H2,1-2H3. The zero-order chi connectivity index (χ0) is 13.2. The summed E-state index contributed by atoms with van der Waals surface area (Å²) in [6, 6.07) is 4.61. The Morgan fingerprint density at radius 2 is 2.28 bits per heavy atom. The van der Waals surface area contributed by atoms with Gasteiger partial charge >= 0.3 is 0 Å². The molecule has 2 atom stereocenters. The zero-order valence-corrected chi connectivity index (χ0v) is 11.1. The lowest BCUT2D eigenvalue weighted by Gasteiger charge is -2.38. The number of hydrogen-bond acceptors (Lipinski definition) is 2. The molecule has 100 valence electrons. The summed E-state index contributed by atoms with van der Waals surface area (Å²) in [7, 11) is 0. The van der Waals surface area contributed by atoms with Gasteiger partial charge in [0.05, 0.1) is 18.3 Å². The molecule has 2 rings (SSSR count). The molecule has 0 spiro atoms. The molecule has 1 fully saturated rings. The second-order valence-corrected chi connectivity index (χ2v) is 5.23. The van der Waals surface area contributed by atoms with Gasteiger partial charge in [-0.05, 0) is 36.6 Å². The third-order valence-electron chi connectivity index (χ3n) is 3.74. The van der Waals surface area contributed by atoms with Gasteiger partial charge in [0.15, 0.2) is 0 Å². The van der Waals surface area contributed by atoms with Gasteiger partial charge < -0.3 is 9.84 Å². The monoisotopic (exact) mass is 252 g/mol. The predicted octanol–water partition coefficient (Wildman–Crippen LogP) is 3.30. The molecule has 1 aliphatic heterocycles. The lowest BCUT2D eigenvalue weighted by molar-refractivity contribution is -0.110. The second-order valence-electron chi connectivity index (χ2n) is 5.23. The zero-order valence-electron chi connectivity index (χ0n) is 11.1. The van der Waals surface area contributed by atoms with E-state index < -0.39 is 5.60 Å². The number of aliphatic hydroxyl groups is 1. The van der Waals surface area contributed by atoms with Gasteiger partial charge in [-0.3, -0.25) is 0 Å². The SMILES string of the molecule is CCCC1CC(O)(c2ccc(F)cc2C)CCO1. The second kappa shape index (κ2) is 5.37. The van der Waals surface area contributed by atoms with E-state index in [0.29, 0.717) is 19.4 Å². The summed E-state index contributed by atoms with van der Waals surface area (Å²) in [5.41, 5.74) is 0.790. The largest absolute Gasteiger partial charge is 0.385 e. The number of benzene rings is 1. The van der Waals surface area contributed by atoms with Crippen molar-refractivity contribution in [2.75, 3.05) is 6.61 Å². The molecule has 1 aromatic rings. The summed E-state index contributed by atoms with van der Waals surface area (Å²) in [6.45, 7) is 4.53. The highest BCUT2D eigenvalue weighted by Gasteiger charge is 2.37. The Bertz CT molecular complexity index is 417.